The van der Waals surface area contributed by atoms with E-state index in [2.05, 4.69) is 17.6 Å². The molecule has 1 aliphatic carbocycles. The predicted octanol–water partition coefficient (Wildman–Crippen LogP) is 5.66. The number of carbonyl (C=O) groups excluding carboxylic acids is 1. The molecule has 0 saturated carbocycles. The Morgan fingerprint density at radius 1 is 1.34 bits per heavy atom. The number of thiophene rings is 1. The maximum atomic E-state index is 13.2. The van der Waals surface area contributed by atoms with Crippen molar-refractivity contribution in [2.24, 2.45) is 5.92 Å². The average Bonchev–Trinajstić information content (AvgIpc) is 3.13. The van der Waals surface area contributed by atoms with Gasteiger partial charge in [0.25, 0.3) is 5.69 Å². The van der Waals surface area contributed by atoms with Gasteiger partial charge < -0.3 is 20.1 Å². The summed E-state index contributed by atoms with van der Waals surface area (Å²) < 4.78 is 60.8. The molecule has 2 N–H and O–H groups in total. The predicted molar refractivity (Wildman–Crippen MR) is 126 cm³/mol. The first-order valence-electron chi connectivity index (χ1n) is 10.3. The average molecular weight is 536 g/mol. The molecule has 0 spiro atoms. The maximum Gasteiger partial charge on any atom is 0.341 e. The van der Waals surface area contributed by atoms with Crippen LogP contribution in [0, 0.1) is 16.0 Å². The van der Waals surface area contributed by atoms with Crippen LogP contribution in [0.15, 0.2) is 18.2 Å². The Hall–Kier alpha value is -3.00. The molecule has 1 aromatic heterocycles. The van der Waals surface area contributed by atoms with Gasteiger partial charge in [-0.3, -0.25) is 10.1 Å². The minimum absolute atomic E-state index is 0.0124. The third kappa shape index (κ3) is 6.36. The van der Waals surface area contributed by atoms with E-state index in [1.807, 2.05) is 0 Å². The number of methoxy groups -OCH3 is 1. The molecule has 14 heteroatoms. The Balaban J connectivity index is 1.82. The second-order valence-corrected chi connectivity index (χ2v) is 9.46. The van der Waals surface area contributed by atoms with Crippen molar-refractivity contribution >= 4 is 51.0 Å². The number of fused-ring (bicyclic) bond motifs is 1. The van der Waals surface area contributed by atoms with Crippen LogP contribution in [0.2, 0.25) is 0 Å². The zero-order valence-corrected chi connectivity index (χ0v) is 20.2. The number of nitro benzene ring substituents is 1. The molecule has 0 aliphatic heterocycles. The summed E-state index contributed by atoms with van der Waals surface area (Å²) in [5, 5.41) is 17.2. The van der Waals surface area contributed by atoms with E-state index in [1.165, 1.54) is 18.4 Å². The molecule has 1 heterocycles. The first-order valence-corrected chi connectivity index (χ1v) is 11.5. The summed E-state index contributed by atoms with van der Waals surface area (Å²) in [5.41, 5.74) is 0.697. The Bertz CT molecular complexity index is 1140. The molecule has 2 aromatic rings. The van der Waals surface area contributed by atoms with Gasteiger partial charge in [0, 0.05) is 17.0 Å². The van der Waals surface area contributed by atoms with E-state index in [1.54, 1.807) is 0 Å². The van der Waals surface area contributed by atoms with Crippen LogP contribution < -0.4 is 15.4 Å². The van der Waals surface area contributed by atoms with Crippen molar-refractivity contribution in [2.75, 3.05) is 24.4 Å². The molecule has 1 aromatic carbocycles. The lowest BCUT2D eigenvalue weighted by atomic mass is 9.88. The third-order valence-electron chi connectivity index (χ3n) is 5.24. The monoisotopic (exact) mass is 535 g/mol. The number of hydrogen-bond donors (Lipinski definition) is 2. The van der Waals surface area contributed by atoms with Gasteiger partial charge in [-0.2, -0.15) is 8.78 Å². The number of ether oxygens (including phenoxy) is 2. The first-order chi connectivity index (χ1) is 16.4. The normalized spacial score (nSPS) is 15.3. The van der Waals surface area contributed by atoms with Crippen molar-refractivity contribution < 1.29 is 36.8 Å². The number of benzene rings is 1. The topological polar surface area (TPSA) is 103 Å². The summed E-state index contributed by atoms with van der Waals surface area (Å²) in [7, 11) is 1.26. The molecule has 0 fully saturated rings. The van der Waals surface area contributed by atoms with E-state index in [0.29, 0.717) is 22.9 Å². The lowest BCUT2D eigenvalue weighted by Gasteiger charge is -2.18. The minimum atomic E-state index is -4.44. The van der Waals surface area contributed by atoms with Gasteiger partial charge in [0.15, 0.2) is 11.7 Å². The molecule has 0 saturated heterocycles. The number of nitrogens with zero attached hydrogens (tertiary/aromatic N) is 1. The molecule has 1 unspecified atom stereocenters. The highest BCUT2D eigenvalue weighted by atomic mass is 32.1. The number of hydrogen-bond acceptors (Lipinski definition) is 7. The fourth-order valence-electron chi connectivity index (χ4n) is 3.51. The smallest absolute Gasteiger partial charge is 0.341 e. The first kappa shape index (κ1) is 26.6. The fourth-order valence-corrected chi connectivity index (χ4v) is 5.20. The molecular weight excluding hydrogens is 514 g/mol. The summed E-state index contributed by atoms with van der Waals surface area (Å²) in [6.07, 6.45) is -1.55. The number of rotatable bonds is 8. The summed E-state index contributed by atoms with van der Waals surface area (Å²) in [5.74, 6) is -4.95. The zero-order valence-electron chi connectivity index (χ0n) is 18.5. The van der Waals surface area contributed by atoms with Crippen molar-refractivity contribution in [3.63, 3.8) is 0 Å². The minimum Gasteiger partial charge on any atom is -0.487 e. The lowest BCUT2D eigenvalue weighted by molar-refractivity contribution is -0.384. The van der Waals surface area contributed by atoms with E-state index in [0.717, 1.165) is 41.5 Å². The van der Waals surface area contributed by atoms with Gasteiger partial charge in [-0.05, 0) is 43.0 Å². The van der Waals surface area contributed by atoms with Crippen molar-refractivity contribution in [3.8, 4) is 5.75 Å². The summed E-state index contributed by atoms with van der Waals surface area (Å²) in [6, 6.07) is 2.99. The quantitative estimate of drug-likeness (QED) is 0.147. The van der Waals surface area contributed by atoms with E-state index < -0.39 is 41.3 Å². The number of halogens is 4. The van der Waals surface area contributed by atoms with Crippen LogP contribution in [0.5, 0.6) is 5.75 Å². The molecule has 1 atom stereocenters. The molecule has 0 amide bonds. The van der Waals surface area contributed by atoms with Crippen molar-refractivity contribution in [1.29, 1.82) is 0 Å². The number of carbonyl (C=O) groups is 1. The van der Waals surface area contributed by atoms with Gasteiger partial charge >= 0.3 is 18.3 Å². The SMILES string of the molecule is COC(=O)c1c(NC(=S)Nc2cc(OCC(F)(F)C(F)F)cc([N+](=O)[O-])c2)sc2c1CCC(C)C2. The van der Waals surface area contributed by atoms with Crippen LogP contribution >= 0.6 is 23.6 Å². The van der Waals surface area contributed by atoms with E-state index in [-0.39, 0.29) is 10.8 Å². The molecule has 1 aliphatic rings. The highest BCUT2D eigenvalue weighted by Gasteiger charge is 2.41. The number of nitrogens with one attached hydrogen (secondary N) is 2. The van der Waals surface area contributed by atoms with Crippen LogP contribution in [0.25, 0.3) is 0 Å². The van der Waals surface area contributed by atoms with Crippen molar-refractivity contribution in [3.05, 3.63) is 44.3 Å². The fraction of sp³-hybridized carbons (Fsp3) is 0.429. The van der Waals surface area contributed by atoms with Crippen molar-refractivity contribution in [2.45, 2.75) is 38.5 Å². The maximum absolute atomic E-state index is 13.2. The highest BCUT2D eigenvalue weighted by Crippen LogP contribution is 2.40. The van der Waals surface area contributed by atoms with E-state index in [9.17, 15) is 32.5 Å². The Kier molecular flexibility index (Phi) is 8.15. The summed E-state index contributed by atoms with van der Waals surface area (Å²) in [6.45, 7) is 0.439. The summed E-state index contributed by atoms with van der Waals surface area (Å²) in [4.78, 5) is 23.9. The number of non-ortho nitro benzene ring substituents is 1. The highest BCUT2D eigenvalue weighted by molar-refractivity contribution is 7.80. The molecule has 3 rings (SSSR count). The van der Waals surface area contributed by atoms with Gasteiger partial charge in [-0.15, -0.1) is 11.3 Å². The Morgan fingerprint density at radius 2 is 2.06 bits per heavy atom. The molecule has 0 radical (unpaired) electrons. The van der Waals surface area contributed by atoms with Crippen LogP contribution in [0.1, 0.15) is 34.1 Å². The summed E-state index contributed by atoms with van der Waals surface area (Å²) >= 11 is 6.62. The van der Waals surface area contributed by atoms with Gasteiger partial charge in [0.1, 0.15) is 10.8 Å². The Labute approximate surface area is 206 Å². The third-order valence-corrected chi connectivity index (χ3v) is 6.61. The number of nitro groups is 1. The second kappa shape index (κ2) is 10.7. The van der Waals surface area contributed by atoms with E-state index >= 15 is 0 Å². The standard InChI is InChI=1S/C21H21F4N3O5S2/c1-10-3-4-14-15(5-10)35-17(16(14)18(29)32-2)27-20(34)26-11-6-12(28(30)31)8-13(7-11)33-9-21(24,25)19(22)23/h6-8,10,19H,3-5,9H2,1-2H3,(H2,26,27,34). The zero-order chi connectivity index (χ0) is 25.9. The Morgan fingerprint density at radius 3 is 2.69 bits per heavy atom. The molecule has 190 valence electrons. The second-order valence-electron chi connectivity index (χ2n) is 7.95. The number of alkyl halides is 4. The van der Waals surface area contributed by atoms with E-state index in [4.69, 9.17) is 21.7 Å². The molecule has 35 heavy (non-hydrogen) atoms. The van der Waals surface area contributed by atoms with Crippen LogP contribution in [0.3, 0.4) is 0 Å². The molecular formula is C21H21F4N3O5S2. The largest absolute Gasteiger partial charge is 0.487 e. The molecule has 0 bridgehead atoms. The van der Waals surface area contributed by atoms with Gasteiger partial charge in [-0.25, -0.2) is 13.6 Å². The molecule has 8 nitrogen and oxygen atoms in total. The number of anilines is 2. The van der Waals surface area contributed by atoms with Gasteiger partial charge in [-0.1, -0.05) is 6.92 Å². The van der Waals surface area contributed by atoms with Crippen LogP contribution in [0.4, 0.5) is 33.9 Å². The number of esters is 1. The van der Waals surface area contributed by atoms with Crippen LogP contribution in [-0.4, -0.2) is 42.1 Å². The van der Waals surface area contributed by atoms with Crippen molar-refractivity contribution in [1.82, 2.24) is 0 Å². The lowest BCUT2D eigenvalue weighted by Crippen LogP contribution is -2.33. The van der Waals surface area contributed by atoms with Gasteiger partial charge in [0.2, 0.25) is 0 Å². The number of thiocarbonyl (C=S) groups is 1. The van der Waals surface area contributed by atoms with Crippen LogP contribution in [-0.2, 0) is 17.6 Å². The van der Waals surface area contributed by atoms with Gasteiger partial charge in [0.05, 0.1) is 29.4 Å².